The number of carbonyl (C=O) groups excluding carboxylic acids is 1. The number of nitrogens with zero attached hydrogens (tertiary/aromatic N) is 1. The maximum Gasteiger partial charge on any atom is 0.248 e. The largest absolute Gasteiger partial charge is 0.497 e. The van der Waals surface area contributed by atoms with Crippen LogP contribution in [0.15, 0.2) is 42.5 Å². The zero-order chi connectivity index (χ0) is 22.4. The second kappa shape index (κ2) is 10.1. The Labute approximate surface area is 184 Å². The third kappa shape index (κ3) is 5.13. The minimum atomic E-state index is -0.450. The van der Waals surface area contributed by atoms with Gasteiger partial charge in [-0.1, -0.05) is 32.0 Å². The van der Waals surface area contributed by atoms with Crippen molar-refractivity contribution < 1.29 is 24.1 Å². The summed E-state index contributed by atoms with van der Waals surface area (Å²) in [4.78, 5) is 13.9. The molecule has 168 valence electrons. The lowest BCUT2D eigenvalue weighted by atomic mass is 9.74. The summed E-state index contributed by atoms with van der Waals surface area (Å²) >= 11 is 0. The van der Waals surface area contributed by atoms with Gasteiger partial charge in [0.2, 0.25) is 5.91 Å². The number of carbonyl (C=O) groups is 1. The van der Waals surface area contributed by atoms with Crippen LogP contribution >= 0.6 is 0 Å². The number of likely N-dealkylation sites (tertiary alicyclic amines) is 1. The van der Waals surface area contributed by atoms with E-state index in [2.05, 4.69) is 19.9 Å². The molecule has 6 nitrogen and oxygen atoms in total. The van der Waals surface area contributed by atoms with Crippen LogP contribution in [-0.2, 0) is 11.2 Å². The lowest BCUT2D eigenvalue weighted by Gasteiger charge is -2.29. The first kappa shape index (κ1) is 22.9. The SMILES string of the molecule is CCC1(C)CN(C(=O)CO)CC1c1ccc(OC)c(OCCc2ccc(OC)cc2)c1. The van der Waals surface area contributed by atoms with Gasteiger partial charge in [0, 0.05) is 25.4 Å². The van der Waals surface area contributed by atoms with Crippen molar-refractivity contribution in [3.63, 3.8) is 0 Å². The minimum Gasteiger partial charge on any atom is -0.497 e. The summed E-state index contributed by atoms with van der Waals surface area (Å²) in [5.41, 5.74) is 2.24. The minimum absolute atomic E-state index is 0.0558. The van der Waals surface area contributed by atoms with E-state index in [0.717, 1.165) is 24.2 Å². The monoisotopic (exact) mass is 427 g/mol. The quantitative estimate of drug-likeness (QED) is 0.662. The highest BCUT2D eigenvalue weighted by Gasteiger charge is 2.44. The van der Waals surface area contributed by atoms with Crippen molar-refractivity contribution in [2.75, 3.05) is 40.5 Å². The highest BCUT2D eigenvalue weighted by Crippen LogP contribution is 2.46. The molecule has 1 amide bonds. The Morgan fingerprint density at radius 1 is 1.13 bits per heavy atom. The van der Waals surface area contributed by atoms with Gasteiger partial charge >= 0.3 is 0 Å². The van der Waals surface area contributed by atoms with Crippen LogP contribution in [0.2, 0.25) is 0 Å². The number of methoxy groups -OCH3 is 2. The van der Waals surface area contributed by atoms with Gasteiger partial charge in [-0.3, -0.25) is 4.79 Å². The van der Waals surface area contributed by atoms with Gasteiger partial charge in [-0.25, -0.2) is 0 Å². The Hall–Kier alpha value is -2.73. The molecule has 1 heterocycles. The van der Waals surface area contributed by atoms with Gasteiger partial charge in [-0.2, -0.15) is 0 Å². The fourth-order valence-electron chi connectivity index (χ4n) is 4.30. The van der Waals surface area contributed by atoms with E-state index in [1.807, 2.05) is 36.4 Å². The number of ether oxygens (including phenoxy) is 3. The number of amides is 1. The number of benzene rings is 2. The summed E-state index contributed by atoms with van der Waals surface area (Å²) in [5.74, 6) is 2.19. The molecule has 2 aromatic carbocycles. The van der Waals surface area contributed by atoms with E-state index < -0.39 is 6.61 Å². The topological polar surface area (TPSA) is 68.2 Å². The molecule has 2 atom stereocenters. The van der Waals surface area contributed by atoms with Crippen molar-refractivity contribution in [1.82, 2.24) is 4.90 Å². The average Bonchev–Trinajstić information content (AvgIpc) is 3.17. The maximum absolute atomic E-state index is 12.1. The molecule has 3 rings (SSSR count). The summed E-state index contributed by atoms with van der Waals surface area (Å²) in [6.07, 6.45) is 1.71. The molecule has 6 heteroatoms. The summed E-state index contributed by atoms with van der Waals surface area (Å²) in [7, 11) is 3.29. The molecule has 1 aliphatic rings. The lowest BCUT2D eigenvalue weighted by molar-refractivity contribution is -0.133. The molecule has 0 spiro atoms. The molecule has 1 fully saturated rings. The predicted octanol–water partition coefficient (Wildman–Crippen LogP) is 3.66. The molecule has 0 radical (unpaired) electrons. The van der Waals surface area contributed by atoms with Gasteiger partial charge < -0.3 is 24.2 Å². The van der Waals surface area contributed by atoms with E-state index in [4.69, 9.17) is 14.2 Å². The summed E-state index contributed by atoms with van der Waals surface area (Å²) in [5, 5.41) is 9.29. The van der Waals surface area contributed by atoms with Crippen LogP contribution in [0.3, 0.4) is 0 Å². The van der Waals surface area contributed by atoms with Gasteiger partial charge in [0.1, 0.15) is 12.4 Å². The van der Waals surface area contributed by atoms with E-state index in [1.54, 1.807) is 19.1 Å². The number of aliphatic hydroxyl groups excluding tert-OH is 1. The Kier molecular flexibility index (Phi) is 7.44. The first-order chi connectivity index (χ1) is 14.9. The molecule has 2 unspecified atom stereocenters. The zero-order valence-corrected chi connectivity index (χ0v) is 18.9. The summed E-state index contributed by atoms with van der Waals surface area (Å²) in [6.45, 7) is 5.67. The highest BCUT2D eigenvalue weighted by molar-refractivity contribution is 5.77. The van der Waals surface area contributed by atoms with Crippen LogP contribution in [0.4, 0.5) is 0 Å². The first-order valence-corrected chi connectivity index (χ1v) is 10.8. The first-order valence-electron chi connectivity index (χ1n) is 10.8. The predicted molar refractivity (Wildman–Crippen MR) is 120 cm³/mol. The fourth-order valence-corrected chi connectivity index (χ4v) is 4.30. The molecule has 0 aromatic heterocycles. The van der Waals surface area contributed by atoms with Gasteiger partial charge in [-0.15, -0.1) is 0 Å². The molecular weight excluding hydrogens is 394 g/mol. The van der Waals surface area contributed by atoms with Gasteiger partial charge in [-0.05, 0) is 47.2 Å². The molecule has 1 N–H and O–H groups in total. The molecule has 0 aliphatic carbocycles. The van der Waals surface area contributed by atoms with Crippen LogP contribution in [0.25, 0.3) is 0 Å². The second-order valence-corrected chi connectivity index (χ2v) is 8.35. The van der Waals surface area contributed by atoms with E-state index >= 15 is 0 Å². The van der Waals surface area contributed by atoms with Gasteiger partial charge in [0.05, 0.1) is 20.8 Å². The molecule has 31 heavy (non-hydrogen) atoms. The van der Waals surface area contributed by atoms with Crippen molar-refractivity contribution in [3.8, 4) is 17.2 Å². The Bertz CT molecular complexity index is 882. The second-order valence-electron chi connectivity index (χ2n) is 8.35. The summed E-state index contributed by atoms with van der Waals surface area (Å²) < 4.78 is 16.8. The van der Waals surface area contributed by atoms with E-state index in [9.17, 15) is 9.90 Å². The fraction of sp³-hybridized carbons (Fsp3) is 0.480. The van der Waals surface area contributed by atoms with Crippen LogP contribution in [0.5, 0.6) is 17.2 Å². The normalized spacial score (nSPS) is 20.5. The maximum atomic E-state index is 12.1. The van der Waals surface area contributed by atoms with E-state index in [0.29, 0.717) is 31.2 Å². The Morgan fingerprint density at radius 2 is 1.87 bits per heavy atom. The number of hydrogen-bond acceptors (Lipinski definition) is 5. The van der Waals surface area contributed by atoms with Crippen LogP contribution < -0.4 is 14.2 Å². The number of aliphatic hydroxyl groups is 1. The molecule has 2 aromatic rings. The van der Waals surface area contributed by atoms with Crippen LogP contribution in [-0.4, -0.2) is 56.4 Å². The summed E-state index contributed by atoms with van der Waals surface area (Å²) in [6, 6.07) is 14.0. The van der Waals surface area contributed by atoms with Gasteiger partial charge in [0.25, 0.3) is 0 Å². The number of hydrogen-bond donors (Lipinski definition) is 1. The third-order valence-corrected chi connectivity index (χ3v) is 6.49. The molecule has 1 aliphatic heterocycles. The lowest BCUT2D eigenvalue weighted by Crippen LogP contribution is -2.32. The Morgan fingerprint density at radius 3 is 2.48 bits per heavy atom. The van der Waals surface area contributed by atoms with Crippen molar-refractivity contribution in [2.24, 2.45) is 5.41 Å². The van der Waals surface area contributed by atoms with Crippen LogP contribution in [0.1, 0.15) is 37.3 Å². The zero-order valence-electron chi connectivity index (χ0n) is 18.9. The molecule has 0 bridgehead atoms. The van der Waals surface area contributed by atoms with Crippen LogP contribution in [0, 0.1) is 5.41 Å². The smallest absolute Gasteiger partial charge is 0.248 e. The third-order valence-electron chi connectivity index (χ3n) is 6.49. The molecular formula is C25H33NO5. The van der Waals surface area contributed by atoms with Crippen molar-refractivity contribution >= 4 is 5.91 Å². The molecule has 0 saturated carbocycles. The average molecular weight is 428 g/mol. The van der Waals surface area contributed by atoms with Gasteiger partial charge in [0.15, 0.2) is 11.5 Å². The van der Waals surface area contributed by atoms with Crippen molar-refractivity contribution in [1.29, 1.82) is 0 Å². The van der Waals surface area contributed by atoms with Crippen molar-refractivity contribution in [3.05, 3.63) is 53.6 Å². The number of rotatable bonds is 9. The Balaban J connectivity index is 1.75. The highest BCUT2D eigenvalue weighted by atomic mass is 16.5. The van der Waals surface area contributed by atoms with E-state index in [1.165, 1.54) is 5.56 Å². The standard InChI is InChI=1S/C25H33NO5/c1-5-25(2)17-26(24(28)16-27)15-21(25)19-8-11-22(30-4)23(14-19)31-13-12-18-6-9-20(29-3)10-7-18/h6-11,14,21,27H,5,12-13,15-17H2,1-4H3. The molecule has 1 saturated heterocycles. The van der Waals surface area contributed by atoms with E-state index in [-0.39, 0.29) is 17.2 Å². The van der Waals surface area contributed by atoms with Crippen molar-refractivity contribution in [2.45, 2.75) is 32.6 Å².